The van der Waals surface area contributed by atoms with Crippen molar-refractivity contribution in [1.82, 2.24) is 15.1 Å². The van der Waals surface area contributed by atoms with Gasteiger partial charge in [0.1, 0.15) is 11.3 Å². The van der Waals surface area contributed by atoms with Crippen LogP contribution >= 0.6 is 12.4 Å². The Balaban J connectivity index is 0.00000243. The molecule has 2 N–H and O–H groups in total. The van der Waals surface area contributed by atoms with Gasteiger partial charge in [-0.05, 0) is 56.3 Å². The second kappa shape index (κ2) is 7.96. The number of nitrogens with zero attached hydrogens (tertiary/aromatic N) is 2. The molecular formula is C16H18ClF3N4O2. The van der Waals surface area contributed by atoms with E-state index in [-0.39, 0.29) is 24.1 Å². The SMILES string of the molecule is Cl.O=C(Nc1ccc(OC(F)(F)F)cc1)C1(n2cccn2)CCNCC1. The average Bonchev–Trinajstić information content (AvgIpc) is 3.11. The predicted octanol–water partition coefficient (Wildman–Crippen LogP) is 2.92. The normalized spacial score (nSPS) is 16.4. The highest BCUT2D eigenvalue weighted by Gasteiger charge is 2.42. The van der Waals surface area contributed by atoms with Crippen LogP contribution in [0.5, 0.6) is 5.75 Å². The van der Waals surface area contributed by atoms with E-state index in [0.717, 1.165) is 12.1 Å². The van der Waals surface area contributed by atoms with E-state index in [4.69, 9.17) is 0 Å². The molecule has 1 aromatic carbocycles. The lowest BCUT2D eigenvalue weighted by atomic mass is 9.87. The van der Waals surface area contributed by atoms with Gasteiger partial charge < -0.3 is 15.4 Å². The first-order valence-electron chi connectivity index (χ1n) is 7.77. The van der Waals surface area contributed by atoms with Gasteiger partial charge in [-0.3, -0.25) is 9.48 Å². The van der Waals surface area contributed by atoms with Gasteiger partial charge in [0.2, 0.25) is 0 Å². The van der Waals surface area contributed by atoms with Gasteiger partial charge in [-0.15, -0.1) is 25.6 Å². The van der Waals surface area contributed by atoms with Crippen LogP contribution in [0.4, 0.5) is 18.9 Å². The summed E-state index contributed by atoms with van der Waals surface area (Å²) < 4.78 is 42.0. The standard InChI is InChI=1S/C16H17F3N4O2.ClH/c17-16(18,19)25-13-4-2-12(3-5-13)22-14(24)15(6-9-20-10-7-15)23-11-1-8-21-23;/h1-5,8,11,20H,6-7,9-10H2,(H,22,24);1H. The van der Waals surface area contributed by atoms with E-state index >= 15 is 0 Å². The Kier molecular flexibility index (Phi) is 6.14. The maximum Gasteiger partial charge on any atom is 0.573 e. The van der Waals surface area contributed by atoms with Crippen LogP contribution in [0.2, 0.25) is 0 Å². The third-order valence-corrected chi connectivity index (χ3v) is 4.14. The number of anilines is 1. The lowest BCUT2D eigenvalue weighted by Crippen LogP contribution is -2.52. The molecule has 0 atom stereocenters. The number of aromatic nitrogens is 2. The lowest BCUT2D eigenvalue weighted by Gasteiger charge is -2.36. The van der Waals surface area contributed by atoms with Crippen molar-refractivity contribution < 1.29 is 22.7 Å². The zero-order chi connectivity index (χ0) is 17.9. The molecule has 3 rings (SSSR count). The molecular weight excluding hydrogens is 373 g/mol. The minimum atomic E-state index is -4.75. The molecule has 0 spiro atoms. The van der Waals surface area contributed by atoms with Gasteiger partial charge in [0.05, 0.1) is 0 Å². The third-order valence-electron chi connectivity index (χ3n) is 4.14. The number of benzene rings is 1. The summed E-state index contributed by atoms with van der Waals surface area (Å²) in [7, 11) is 0. The highest BCUT2D eigenvalue weighted by Crippen LogP contribution is 2.29. The first kappa shape index (κ1) is 20.1. The highest BCUT2D eigenvalue weighted by molar-refractivity contribution is 5.96. The van der Waals surface area contributed by atoms with Crippen molar-refractivity contribution in [2.24, 2.45) is 0 Å². The molecule has 2 heterocycles. The van der Waals surface area contributed by atoms with Crippen molar-refractivity contribution in [3.63, 3.8) is 0 Å². The zero-order valence-corrected chi connectivity index (χ0v) is 14.4. The summed E-state index contributed by atoms with van der Waals surface area (Å²) in [6.07, 6.45) is -0.263. The van der Waals surface area contributed by atoms with Crippen LogP contribution in [0.3, 0.4) is 0 Å². The van der Waals surface area contributed by atoms with Crippen molar-refractivity contribution in [3.8, 4) is 5.75 Å². The van der Waals surface area contributed by atoms with E-state index in [2.05, 4.69) is 20.5 Å². The number of carbonyl (C=O) groups excluding carboxylic acids is 1. The number of amides is 1. The molecule has 0 bridgehead atoms. The number of ether oxygens (including phenoxy) is 1. The Morgan fingerprint density at radius 1 is 1.23 bits per heavy atom. The van der Waals surface area contributed by atoms with Gasteiger partial charge in [0.25, 0.3) is 5.91 Å². The number of hydrogen-bond acceptors (Lipinski definition) is 4. The smallest absolute Gasteiger partial charge is 0.406 e. The van der Waals surface area contributed by atoms with E-state index in [1.54, 1.807) is 23.1 Å². The molecule has 1 fully saturated rings. The fraction of sp³-hybridized carbons (Fsp3) is 0.375. The number of rotatable bonds is 4. The lowest BCUT2D eigenvalue weighted by molar-refractivity contribution is -0.274. The summed E-state index contributed by atoms with van der Waals surface area (Å²) >= 11 is 0. The fourth-order valence-corrected chi connectivity index (χ4v) is 2.91. The van der Waals surface area contributed by atoms with Crippen LogP contribution in [0, 0.1) is 0 Å². The van der Waals surface area contributed by atoms with Crippen molar-refractivity contribution in [1.29, 1.82) is 0 Å². The van der Waals surface area contributed by atoms with Crippen molar-refractivity contribution in [2.75, 3.05) is 18.4 Å². The Morgan fingerprint density at radius 2 is 1.88 bits per heavy atom. The van der Waals surface area contributed by atoms with Crippen LogP contribution in [-0.4, -0.2) is 35.1 Å². The van der Waals surface area contributed by atoms with Crippen LogP contribution in [0.15, 0.2) is 42.7 Å². The molecule has 1 aliphatic rings. The summed E-state index contributed by atoms with van der Waals surface area (Å²) in [6, 6.07) is 6.81. The Labute approximate surface area is 154 Å². The van der Waals surface area contributed by atoms with Crippen molar-refractivity contribution in [2.45, 2.75) is 24.7 Å². The molecule has 2 aromatic rings. The van der Waals surface area contributed by atoms with E-state index in [9.17, 15) is 18.0 Å². The maximum atomic E-state index is 12.9. The van der Waals surface area contributed by atoms with Gasteiger partial charge in [0.15, 0.2) is 0 Å². The number of carbonyl (C=O) groups is 1. The molecule has 142 valence electrons. The summed E-state index contributed by atoms with van der Waals surface area (Å²) in [5.74, 6) is -0.587. The summed E-state index contributed by atoms with van der Waals surface area (Å²) in [5.41, 5.74) is -0.430. The first-order valence-corrected chi connectivity index (χ1v) is 7.77. The molecule has 10 heteroatoms. The van der Waals surface area contributed by atoms with E-state index in [1.807, 2.05) is 0 Å². The summed E-state index contributed by atoms with van der Waals surface area (Å²) in [4.78, 5) is 12.9. The minimum Gasteiger partial charge on any atom is -0.406 e. The molecule has 1 saturated heterocycles. The number of hydrogen-bond donors (Lipinski definition) is 2. The predicted molar refractivity (Wildman–Crippen MR) is 91.3 cm³/mol. The molecule has 0 aliphatic carbocycles. The first-order chi connectivity index (χ1) is 11.9. The quantitative estimate of drug-likeness (QED) is 0.842. The molecule has 0 unspecified atom stereocenters. The highest BCUT2D eigenvalue weighted by atomic mass is 35.5. The second-order valence-corrected chi connectivity index (χ2v) is 5.76. The van der Waals surface area contributed by atoms with Crippen LogP contribution in [0.1, 0.15) is 12.8 Å². The second-order valence-electron chi connectivity index (χ2n) is 5.76. The molecule has 0 radical (unpaired) electrons. The fourth-order valence-electron chi connectivity index (χ4n) is 2.91. The van der Waals surface area contributed by atoms with Gasteiger partial charge in [0, 0.05) is 18.1 Å². The Morgan fingerprint density at radius 3 is 2.42 bits per heavy atom. The zero-order valence-electron chi connectivity index (χ0n) is 13.6. The largest absolute Gasteiger partial charge is 0.573 e. The van der Waals surface area contributed by atoms with E-state index in [1.165, 1.54) is 12.1 Å². The Hall–Kier alpha value is -2.26. The average molecular weight is 391 g/mol. The molecule has 1 aliphatic heterocycles. The van der Waals surface area contributed by atoms with Gasteiger partial charge in [-0.2, -0.15) is 5.10 Å². The van der Waals surface area contributed by atoms with Gasteiger partial charge in [-0.25, -0.2) is 0 Å². The molecule has 1 aromatic heterocycles. The minimum absolute atomic E-state index is 0. The Bertz CT molecular complexity index is 714. The number of halogens is 4. The molecule has 26 heavy (non-hydrogen) atoms. The monoisotopic (exact) mass is 390 g/mol. The summed E-state index contributed by atoms with van der Waals surface area (Å²) in [5, 5.41) is 10.2. The molecule has 0 saturated carbocycles. The number of alkyl halides is 3. The van der Waals surface area contributed by atoms with Crippen LogP contribution in [-0.2, 0) is 10.3 Å². The van der Waals surface area contributed by atoms with E-state index < -0.39 is 11.9 Å². The van der Waals surface area contributed by atoms with Gasteiger partial charge >= 0.3 is 6.36 Å². The molecule has 6 nitrogen and oxygen atoms in total. The number of piperidine rings is 1. The van der Waals surface area contributed by atoms with Gasteiger partial charge in [-0.1, -0.05) is 0 Å². The molecule has 1 amide bonds. The van der Waals surface area contributed by atoms with Crippen LogP contribution in [0.25, 0.3) is 0 Å². The van der Waals surface area contributed by atoms with Crippen LogP contribution < -0.4 is 15.4 Å². The summed E-state index contributed by atoms with van der Waals surface area (Å²) in [6.45, 7) is 1.34. The third kappa shape index (κ3) is 4.47. The topological polar surface area (TPSA) is 68.2 Å². The maximum absolute atomic E-state index is 12.9. The van der Waals surface area contributed by atoms with E-state index in [0.29, 0.717) is 31.6 Å². The van der Waals surface area contributed by atoms with Crippen molar-refractivity contribution in [3.05, 3.63) is 42.7 Å². The number of nitrogens with one attached hydrogen (secondary N) is 2. The van der Waals surface area contributed by atoms with Crippen molar-refractivity contribution >= 4 is 24.0 Å².